The predicted octanol–water partition coefficient (Wildman–Crippen LogP) is 3.04. The minimum Gasteiger partial charge on any atom is -0.340 e. The van der Waals surface area contributed by atoms with Gasteiger partial charge in [0.25, 0.3) is 0 Å². The van der Waals surface area contributed by atoms with Gasteiger partial charge in [0.2, 0.25) is 5.91 Å². The number of rotatable bonds is 7. The van der Waals surface area contributed by atoms with E-state index in [0.29, 0.717) is 12.0 Å². The van der Waals surface area contributed by atoms with Crippen LogP contribution in [-0.4, -0.2) is 54.2 Å². The molecule has 1 aliphatic rings. The van der Waals surface area contributed by atoms with Crippen LogP contribution in [-0.2, 0) is 11.2 Å². The van der Waals surface area contributed by atoms with Gasteiger partial charge in [0, 0.05) is 51.1 Å². The molecule has 0 bridgehead atoms. The van der Waals surface area contributed by atoms with E-state index in [9.17, 15) is 9.59 Å². The highest BCUT2D eigenvalue weighted by atomic mass is 16.2. The molecule has 0 saturated carbocycles. The summed E-state index contributed by atoms with van der Waals surface area (Å²) in [6.45, 7) is 4.36. The molecule has 26 heavy (non-hydrogen) atoms. The number of Topliss-reactive ketones (excluding diaryl/α,β-unsaturated/α-hetero) is 1. The number of amides is 1. The van der Waals surface area contributed by atoms with Crippen LogP contribution < -0.4 is 0 Å². The van der Waals surface area contributed by atoms with Crippen molar-refractivity contribution in [2.75, 3.05) is 32.7 Å². The standard InChI is InChI=1S/C22H26N2O2/c25-21(20-9-5-2-6-10-20)11-12-22(26)24-17-15-23(16-18-24)14-13-19-7-3-1-4-8-19/h1-10H,11-18H2. The zero-order valence-corrected chi connectivity index (χ0v) is 15.1. The highest BCUT2D eigenvalue weighted by Crippen LogP contribution is 2.10. The van der Waals surface area contributed by atoms with Gasteiger partial charge in [-0.05, 0) is 12.0 Å². The van der Waals surface area contributed by atoms with Crippen LogP contribution in [0.25, 0.3) is 0 Å². The van der Waals surface area contributed by atoms with Gasteiger partial charge >= 0.3 is 0 Å². The molecule has 1 aliphatic heterocycles. The van der Waals surface area contributed by atoms with Gasteiger partial charge in [-0.15, -0.1) is 0 Å². The molecule has 0 N–H and O–H groups in total. The Morgan fingerprint density at radius 3 is 2.04 bits per heavy atom. The Bertz CT molecular complexity index is 707. The summed E-state index contributed by atoms with van der Waals surface area (Å²) < 4.78 is 0. The molecule has 2 aromatic carbocycles. The van der Waals surface area contributed by atoms with Gasteiger partial charge in [-0.1, -0.05) is 60.7 Å². The van der Waals surface area contributed by atoms with Gasteiger partial charge in [0.15, 0.2) is 5.78 Å². The fourth-order valence-electron chi connectivity index (χ4n) is 3.30. The number of ketones is 1. The molecule has 0 spiro atoms. The van der Waals surface area contributed by atoms with Crippen molar-refractivity contribution in [1.29, 1.82) is 0 Å². The van der Waals surface area contributed by atoms with Crippen LogP contribution in [0.4, 0.5) is 0 Å². The van der Waals surface area contributed by atoms with E-state index >= 15 is 0 Å². The fourth-order valence-corrected chi connectivity index (χ4v) is 3.30. The maximum Gasteiger partial charge on any atom is 0.223 e. The quantitative estimate of drug-likeness (QED) is 0.721. The molecule has 0 atom stereocenters. The van der Waals surface area contributed by atoms with Crippen LogP contribution in [0, 0.1) is 0 Å². The lowest BCUT2D eigenvalue weighted by Crippen LogP contribution is -2.49. The van der Waals surface area contributed by atoms with Crippen molar-refractivity contribution < 1.29 is 9.59 Å². The third kappa shape index (κ3) is 5.27. The zero-order valence-electron chi connectivity index (χ0n) is 15.1. The van der Waals surface area contributed by atoms with Crippen molar-refractivity contribution in [2.24, 2.45) is 0 Å². The minimum atomic E-state index is 0.0421. The molecule has 0 aromatic heterocycles. The molecule has 2 aromatic rings. The summed E-state index contributed by atoms with van der Waals surface area (Å²) in [5.41, 5.74) is 2.04. The van der Waals surface area contributed by atoms with Crippen LogP contribution >= 0.6 is 0 Å². The average Bonchev–Trinajstić information content (AvgIpc) is 2.72. The van der Waals surface area contributed by atoms with E-state index < -0.39 is 0 Å². The molecule has 3 rings (SSSR count). The first-order valence-electron chi connectivity index (χ1n) is 9.35. The average molecular weight is 350 g/mol. The number of benzene rings is 2. The van der Waals surface area contributed by atoms with Crippen LogP contribution in [0.2, 0.25) is 0 Å². The number of carbonyl (C=O) groups is 2. The van der Waals surface area contributed by atoms with Crippen molar-refractivity contribution in [3.63, 3.8) is 0 Å². The monoisotopic (exact) mass is 350 g/mol. The Morgan fingerprint density at radius 1 is 0.769 bits per heavy atom. The summed E-state index contributed by atoms with van der Waals surface area (Å²) >= 11 is 0. The maximum absolute atomic E-state index is 12.4. The predicted molar refractivity (Wildman–Crippen MR) is 103 cm³/mol. The lowest BCUT2D eigenvalue weighted by atomic mass is 10.1. The van der Waals surface area contributed by atoms with E-state index in [1.165, 1.54) is 5.56 Å². The molecular formula is C22H26N2O2. The third-order valence-corrected chi connectivity index (χ3v) is 4.95. The van der Waals surface area contributed by atoms with Crippen LogP contribution in [0.3, 0.4) is 0 Å². The maximum atomic E-state index is 12.4. The summed E-state index contributed by atoms with van der Waals surface area (Å²) in [5.74, 6) is 0.137. The molecular weight excluding hydrogens is 324 g/mol. The number of nitrogens with zero attached hydrogens (tertiary/aromatic N) is 2. The van der Waals surface area contributed by atoms with Gasteiger partial charge in [0.1, 0.15) is 0 Å². The number of carbonyl (C=O) groups excluding carboxylic acids is 2. The van der Waals surface area contributed by atoms with Crippen LogP contribution in [0.15, 0.2) is 60.7 Å². The normalized spacial score (nSPS) is 15.0. The Morgan fingerprint density at radius 2 is 1.38 bits per heavy atom. The number of piperazine rings is 1. The van der Waals surface area contributed by atoms with Crippen molar-refractivity contribution in [3.05, 3.63) is 71.8 Å². The lowest BCUT2D eigenvalue weighted by Gasteiger charge is -2.34. The SMILES string of the molecule is O=C(CCC(=O)N1CCN(CCc2ccccc2)CC1)c1ccccc1. The number of hydrogen-bond donors (Lipinski definition) is 0. The largest absolute Gasteiger partial charge is 0.340 e. The van der Waals surface area contributed by atoms with E-state index in [1.807, 2.05) is 29.2 Å². The highest BCUT2D eigenvalue weighted by Gasteiger charge is 2.21. The molecule has 1 amide bonds. The van der Waals surface area contributed by atoms with E-state index in [0.717, 1.165) is 39.1 Å². The third-order valence-electron chi connectivity index (χ3n) is 4.95. The van der Waals surface area contributed by atoms with Crippen LogP contribution in [0.5, 0.6) is 0 Å². The van der Waals surface area contributed by atoms with Gasteiger partial charge in [-0.25, -0.2) is 0 Å². The zero-order chi connectivity index (χ0) is 18.2. The topological polar surface area (TPSA) is 40.6 Å². The molecule has 4 heteroatoms. The minimum absolute atomic E-state index is 0.0421. The summed E-state index contributed by atoms with van der Waals surface area (Å²) in [5, 5.41) is 0. The molecule has 0 aliphatic carbocycles. The second-order valence-electron chi connectivity index (χ2n) is 6.75. The van der Waals surface area contributed by atoms with Gasteiger partial charge in [0.05, 0.1) is 0 Å². The van der Waals surface area contributed by atoms with Gasteiger partial charge < -0.3 is 4.90 Å². The van der Waals surface area contributed by atoms with E-state index in [2.05, 4.69) is 29.2 Å². The van der Waals surface area contributed by atoms with E-state index in [1.54, 1.807) is 12.1 Å². The summed E-state index contributed by atoms with van der Waals surface area (Å²) in [6, 6.07) is 19.7. The van der Waals surface area contributed by atoms with Crippen molar-refractivity contribution >= 4 is 11.7 Å². The van der Waals surface area contributed by atoms with E-state index in [-0.39, 0.29) is 18.1 Å². The van der Waals surface area contributed by atoms with Gasteiger partial charge in [-0.2, -0.15) is 0 Å². The Balaban J connectivity index is 1.37. The highest BCUT2D eigenvalue weighted by molar-refractivity contribution is 5.97. The first kappa shape index (κ1) is 18.3. The molecule has 1 heterocycles. The summed E-state index contributed by atoms with van der Waals surface area (Å²) in [6.07, 6.45) is 1.63. The first-order chi connectivity index (χ1) is 12.7. The number of hydrogen-bond acceptors (Lipinski definition) is 3. The Hall–Kier alpha value is -2.46. The first-order valence-corrected chi connectivity index (χ1v) is 9.35. The lowest BCUT2D eigenvalue weighted by molar-refractivity contribution is -0.132. The smallest absolute Gasteiger partial charge is 0.223 e. The van der Waals surface area contributed by atoms with Crippen molar-refractivity contribution in [3.8, 4) is 0 Å². The summed E-state index contributed by atoms with van der Waals surface area (Å²) in [4.78, 5) is 28.8. The van der Waals surface area contributed by atoms with Crippen molar-refractivity contribution in [1.82, 2.24) is 9.80 Å². The van der Waals surface area contributed by atoms with E-state index in [4.69, 9.17) is 0 Å². The van der Waals surface area contributed by atoms with Gasteiger partial charge in [-0.3, -0.25) is 14.5 Å². The second kappa shape index (κ2) is 9.30. The Labute approximate surface area is 155 Å². The molecule has 136 valence electrons. The molecule has 1 fully saturated rings. The molecule has 0 unspecified atom stereocenters. The fraction of sp³-hybridized carbons (Fsp3) is 0.364. The Kier molecular flexibility index (Phi) is 6.56. The second-order valence-corrected chi connectivity index (χ2v) is 6.75. The van der Waals surface area contributed by atoms with Crippen LogP contribution in [0.1, 0.15) is 28.8 Å². The molecule has 1 saturated heterocycles. The molecule has 0 radical (unpaired) electrons. The molecule has 4 nitrogen and oxygen atoms in total. The summed E-state index contributed by atoms with van der Waals surface area (Å²) in [7, 11) is 0. The van der Waals surface area contributed by atoms with Crippen molar-refractivity contribution in [2.45, 2.75) is 19.3 Å².